The van der Waals surface area contributed by atoms with Gasteiger partial charge < -0.3 is 0 Å². The summed E-state index contributed by atoms with van der Waals surface area (Å²) in [4.78, 5) is 0. The van der Waals surface area contributed by atoms with E-state index in [-0.39, 0.29) is 0 Å². The molecule has 60 valence electrons. The van der Waals surface area contributed by atoms with Gasteiger partial charge in [-0.3, -0.25) is 0 Å². The van der Waals surface area contributed by atoms with Crippen molar-refractivity contribution in [1.82, 2.24) is 0 Å². The van der Waals surface area contributed by atoms with Crippen LogP contribution < -0.4 is 8.01 Å². The van der Waals surface area contributed by atoms with E-state index < -0.39 is 21.8 Å². The van der Waals surface area contributed by atoms with Crippen LogP contribution >= 0.6 is 0 Å². The molecule has 0 aliphatic carbocycles. The van der Waals surface area contributed by atoms with E-state index in [0.29, 0.717) is 0 Å². The first-order valence-corrected chi connectivity index (χ1v) is 12.2. The molecule has 0 saturated heterocycles. The minimum absolute atomic E-state index is 0.958. The maximum absolute atomic E-state index is 5.07. The zero-order valence-corrected chi connectivity index (χ0v) is 10.6. The molecule has 1 nitrogen and oxygen atoms in total. The van der Waals surface area contributed by atoms with Crippen LogP contribution in [0, 0.1) is 0 Å². The van der Waals surface area contributed by atoms with Gasteiger partial charge in [0.15, 0.2) is 0 Å². The van der Waals surface area contributed by atoms with Gasteiger partial charge >= 0.3 is 76.1 Å². The van der Waals surface area contributed by atoms with Crippen molar-refractivity contribution in [2.24, 2.45) is 0 Å². The summed E-state index contributed by atoms with van der Waals surface area (Å²) in [6.07, 6.45) is 0. The number of hydrogen-bond donors (Lipinski definition) is 0. The van der Waals surface area contributed by atoms with Gasteiger partial charge in [0.1, 0.15) is 0 Å². The fourth-order valence-electron chi connectivity index (χ4n) is 0.880. The Morgan fingerprint density at radius 3 is 2.00 bits per heavy atom. The summed E-state index contributed by atoms with van der Waals surface area (Å²) in [6, 6.07) is 8.48. The number of hydrogen-bond acceptors (Lipinski definition) is 1. The van der Waals surface area contributed by atoms with Crippen LogP contribution in [0.15, 0.2) is 24.3 Å². The molecule has 11 heavy (non-hydrogen) atoms. The van der Waals surface area contributed by atoms with E-state index >= 15 is 0 Å². The third-order valence-corrected chi connectivity index (χ3v) is 6.76. The van der Waals surface area contributed by atoms with Crippen molar-refractivity contribution >= 4 is 25.0 Å². The topological polar surface area (TPSA) is 9.23 Å². The van der Waals surface area contributed by atoms with Crippen molar-refractivity contribution in [2.45, 2.75) is 9.26 Å². The van der Waals surface area contributed by atoms with Gasteiger partial charge in [0, 0.05) is 0 Å². The summed E-state index contributed by atoms with van der Waals surface area (Å²) < 4.78 is 11.4. The summed E-state index contributed by atoms with van der Waals surface area (Å²) in [5, 5.41) is 0. The van der Waals surface area contributed by atoms with E-state index in [9.17, 15) is 0 Å². The van der Waals surface area contributed by atoms with Crippen LogP contribution in [-0.4, -0.2) is 28.9 Å². The number of ether oxygens (including phenoxy) is 1. The fourth-order valence-corrected chi connectivity index (χ4v) is 3.78. The van der Waals surface area contributed by atoms with Gasteiger partial charge in [-0.25, -0.2) is 0 Å². The number of rotatable bonds is 2. The molecule has 0 N–H and O–H groups in total. The molecule has 1 aromatic rings. The van der Waals surface area contributed by atoms with Crippen LogP contribution in [0.1, 0.15) is 0 Å². The Hall–Kier alpha value is -0.0969. The fraction of sp³-hybridized carbons (Fsp3) is 0.333. The molecule has 0 bridgehead atoms. The number of methoxy groups -OCH3 is 1. The summed E-state index contributed by atoms with van der Waals surface area (Å²) in [5.74, 6) is 0.958. The molecule has 0 atom stereocenters. The van der Waals surface area contributed by atoms with Crippen LogP contribution in [0.3, 0.4) is 0 Å². The van der Waals surface area contributed by atoms with Crippen molar-refractivity contribution in [3.05, 3.63) is 24.3 Å². The molecular weight excluding hydrogens is 333 g/mol. The standard InChI is InChI=1S/C7H7O.2CH3.Bi/c1-8-7-5-3-2-4-6-7;;;/h3-6H,1H3;2*1H3;. The Kier molecular flexibility index (Phi) is 3.32. The Morgan fingerprint density at radius 2 is 1.64 bits per heavy atom. The molecule has 1 aromatic carbocycles. The summed E-state index contributed by atoms with van der Waals surface area (Å²) in [6.45, 7) is 0. The molecule has 0 amide bonds. The summed E-state index contributed by atoms with van der Waals surface area (Å²) in [5.41, 5.74) is 0. The second-order valence-electron chi connectivity index (χ2n) is 2.59. The van der Waals surface area contributed by atoms with Crippen molar-refractivity contribution in [3.8, 4) is 5.75 Å². The second-order valence-corrected chi connectivity index (χ2v) is 11.6. The summed E-state index contributed by atoms with van der Waals surface area (Å²) >= 11 is -1.18. The molecule has 1 rings (SSSR count). The zero-order valence-electron chi connectivity index (χ0n) is 7.16. The molecule has 0 aromatic heterocycles. The second kappa shape index (κ2) is 4.06. The molecule has 0 spiro atoms. The molecular formula is C9H13BiO. The third-order valence-electron chi connectivity index (χ3n) is 1.59. The quantitative estimate of drug-likeness (QED) is 0.741. The number of benzene rings is 1. The van der Waals surface area contributed by atoms with Crippen molar-refractivity contribution in [2.75, 3.05) is 7.11 Å². The minimum atomic E-state index is -1.18. The van der Waals surface area contributed by atoms with E-state index in [4.69, 9.17) is 4.74 Å². The van der Waals surface area contributed by atoms with E-state index in [1.54, 1.807) is 10.4 Å². The Labute approximate surface area is 76.1 Å². The van der Waals surface area contributed by atoms with E-state index in [1.807, 2.05) is 12.1 Å². The average Bonchev–Trinajstić information content (AvgIpc) is 2.05. The van der Waals surface area contributed by atoms with Crippen molar-refractivity contribution in [1.29, 1.82) is 0 Å². The zero-order chi connectivity index (χ0) is 8.27. The van der Waals surface area contributed by atoms with Gasteiger partial charge in [-0.05, 0) is 0 Å². The first-order valence-electron chi connectivity index (χ1n) is 3.55. The van der Waals surface area contributed by atoms with Gasteiger partial charge in [-0.15, -0.1) is 0 Å². The van der Waals surface area contributed by atoms with E-state index in [1.165, 1.54) is 0 Å². The van der Waals surface area contributed by atoms with Crippen LogP contribution in [-0.2, 0) is 0 Å². The molecule has 0 unspecified atom stereocenters. The Bertz CT molecular complexity index is 216. The molecule has 2 heteroatoms. The first kappa shape index (κ1) is 8.99. The van der Waals surface area contributed by atoms with Crippen LogP contribution in [0.2, 0.25) is 9.26 Å². The van der Waals surface area contributed by atoms with Gasteiger partial charge in [-0.2, -0.15) is 0 Å². The molecule has 0 saturated carbocycles. The normalized spacial score (nSPS) is 10.2. The summed E-state index contributed by atoms with van der Waals surface area (Å²) in [7, 11) is 1.70. The van der Waals surface area contributed by atoms with Gasteiger partial charge in [0.25, 0.3) is 0 Å². The van der Waals surface area contributed by atoms with Crippen LogP contribution in [0.4, 0.5) is 0 Å². The average molecular weight is 346 g/mol. The molecule has 0 aliphatic rings. The van der Waals surface area contributed by atoms with Crippen LogP contribution in [0.5, 0.6) is 5.75 Å². The van der Waals surface area contributed by atoms with Gasteiger partial charge in [0.2, 0.25) is 0 Å². The van der Waals surface area contributed by atoms with E-state index in [2.05, 4.69) is 21.4 Å². The van der Waals surface area contributed by atoms with Crippen molar-refractivity contribution in [3.63, 3.8) is 0 Å². The molecule has 0 radical (unpaired) electrons. The Morgan fingerprint density at radius 1 is 1.09 bits per heavy atom. The first-order chi connectivity index (χ1) is 5.24. The van der Waals surface area contributed by atoms with Gasteiger partial charge in [0.05, 0.1) is 0 Å². The molecule has 0 fully saturated rings. The van der Waals surface area contributed by atoms with Crippen molar-refractivity contribution < 1.29 is 4.74 Å². The SMILES string of the molecule is COc1cc[c]([Bi]([CH3])[CH3])cc1. The predicted octanol–water partition coefficient (Wildman–Crippen LogP) is 1.66. The monoisotopic (exact) mass is 346 g/mol. The third kappa shape index (κ3) is 2.45. The van der Waals surface area contributed by atoms with Gasteiger partial charge in [-0.1, -0.05) is 0 Å². The molecule has 0 heterocycles. The van der Waals surface area contributed by atoms with Crippen LogP contribution in [0.25, 0.3) is 0 Å². The Balaban J connectivity index is 2.83. The molecule has 0 aliphatic heterocycles. The van der Waals surface area contributed by atoms with E-state index in [0.717, 1.165) is 5.75 Å². The maximum atomic E-state index is 5.07. The predicted molar refractivity (Wildman–Crippen MR) is 50.1 cm³/mol.